The summed E-state index contributed by atoms with van der Waals surface area (Å²) in [5, 5.41) is 0. The predicted octanol–water partition coefficient (Wildman–Crippen LogP) is 6.23. The van der Waals surface area contributed by atoms with Gasteiger partial charge in [0.25, 0.3) is 0 Å². The predicted molar refractivity (Wildman–Crippen MR) is 133 cm³/mol. The molecule has 0 heterocycles. The van der Waals surface area contributed by atoms with Crippen LogP contribution in [0.15, 0.2) is 97.1 Å². The Labute approximate surface area is 203 Å². The van der Waals surface area contributed by atoms with Crippen molar-refractivity contribution in [1.29, 1.82) is 0 Å². The van der Waals surface area contributed by atoms with Gasteiger partial charge in [-0.15, -0.1) is 0 Å². The minimum atomic E-state index is -1.52. The first-order valence-electron chi connectivity index (χ1n) is 11.1. The van der Waals surface area contributed by atoms with Crippen LogP contribution in [0.3, 0.4) is 0 Å². The second-order valence-corrected chi connectivity index (χ2v) is 7.93. The van der Waals surface area contributed by atoms with Crippen molar-refractivity contribution in [3.63, 3.8) is 0 Å². The summed E-state index contributed by atoms with van der Waals surface area (Å²) in [7, 11) is 1.31. The molecule has 0 radical (unpaired) electrons. The van der Waals surface area contributed by atoms with Crippen LogP contribution < -0.4 is 15.2 Å². The minimum Gasteiger partial charge on any atom is -0.488 e. The van der Waals surface area contributed by atoms with E-state index in [1.54, 1.807) is 36.4 Å². The third kappa shape index (κ3) is 6.05. The van der Waals surface area contributed by atoms with E-state index in [0.717, 1.165) is 16.7 Å². The summed E-state index contributed by atoms with van der Waals surface area (Å²) in [5.74, 6) is 0.274. The van der Waals surface area contributed by atoms with Crippen LogP contribution in [0.2, 0.25) is 0 Å². The number of hydrogen-bond acceptors (Lipinski definition) is 4. The van der Waals surface area contributed by atoms with Crippen LogP contribution in [0.4, 0.5) is 4.39 Å². The van der Waals surface area contributed by atoms with E-state index in [1.165, 1.54) is 7.11 Å². The Kier molecular flexibility index (Phi) is 7.75. The van der Waals surface area contributed by atoms with E-state index >= 15 is 0 Å². The lowest BCUT2D eigenvalue weighted by atomic mass is 9.99. The highest BCUT2D eigenvalue weighted by Gasteiger charge is 2.19. The van der Waals surface area contributed by atoms with Crippen molar-refractivity contribution in [3.05, 3.63) is 119 Å². The Morgan fingerprint density at radius 3 is 1.71 bits per heavy atom. The van der Waals surface area contributed by atoms with Crippen molar-refractivity contribution in [2.75, 3.05) is 7.11 Å². The van der Waals surface area contributed by atoms with E-state index in [9.17, 15) is 9.18 Å². The maximum absolute atomic E-state index is 14.0. The molecule has 0 aliphatic rings. The summed E-state index contributed by atoms with van der Waals surface area (Å²) in [5.41, 5.74) is 9.58. The molecule has 4 aromatic carbocycles. The zero-order valence-electron chi connectivity index (χ0n) is 19.3. The molecule has 1 unspecified atom stereocenters. The molecule has 2 N–H and O–H groups in total. The van der Waals surface area contributed by atoms with Gasteiger partial charge in [-0.2, -0.15) is 0 Å². The van der Waals surface area contributed by atoms with Crippen LogP contribution >= 0.6 is 0 Å². The maximum Gasteiger partial charge on any atom is 0.248 e. The van der Waals surface area contributed by atoms with Crippen LogP contribution in [0.5, 0.6) is 11.5 Å². The molecule has 4 rings (SSSR count). The van der Waals surface area contributed by atoms with Crippen LogP contribution in [-0.4, -0.2) is 13.0 Å². The number of halogens is 1. The van der Waals surface area contributed by atoms with Gasteiger partial charge in [0.1, 0.15) is 24.7 Å². The zero-order valence-corrected chi connectivity index (χ0v) is 19.3. The van der Waals surface area contributed by atoms with E-state index in [1.807, 2.05) is 60.7 Å². The number of amides is 1. The molecular weight excluding hydrogens is 445 g/mol. The molecule has 1 atom stereocenters. The topological polar surface area (TPSA) is 70.8 Å². The number of nitrogens with two attached hydrogens (primary N) is 1. The van der Waals surface area contributed by atoms with Gasteiger partial charge in [0.2, 0.25) is 12.3 Å². The number of carbonyl (C=O) groups excluding carboxylic acids is 1. The number of benzene rings is 4. The largest absolute Gasteiger partial charge is 0.488 e. The van der Waals surface area contributed by atoms with Crippen molar-refractivity contribution in [1.82, 2.24) is 0 Å². The molecule has 5 nitrogen and oxygen atoms in total. The number of rotatable bonds is 10. The molecule has 35 heavy (non-hydrogen) atoms. The van der Waals surface area contributed by atoms with Crippen LogP contribution in [0.25, 0.3) is 11.1 Å². The first-order valence-corrected chi connectivity index (χ1v) is 11.1. The Balaban J connectivity index is 1.77. The van der Waals surface area contributed by atoms with Crippen molar-refractivity contribution >= 4 is 5.91 Å². The summed E-state index contributed by atoms with van der Waals surface area (Å²) in [6.45, 7) is 0.561. The van der Waals surface area contributed by atoms with Crippen molar-refractivity contribution < 1.29 is 23.4 Å². The molecule has 0 saturated carbocycles. The van der Waals surface area contributed by atoms with E-state index in [2.05, 4.69) is 0 Å². The summed E-state index contributed by atoms with van der Waals surface area (Å²) >= 11 is 0. The highest BCUT2D eigenvalue weighted by molar-refractivity contribution is 5.95. The van der Waals surface area contributed by atoms with Crippen molar-refractivity contribution in [2.24, 2.45) is 5.73 Å². The fourth-order valence-corrected chi connectivity index (χ4v) is 3.65. The summed E-state index contributed by atoms with van der Waals surface area (Å²) in [6, 6.07) is 29.4. The summed E-state index contributed by atoms with van der Waals surface area (Å²) in [4.78, 5) is 12.1. The molecule has 0 spiro atoms. The van der Waals surface area contributed by atoms with E-state index in [4.69, 9.17) is 19.9 Å². The normalized spacial score (nSPS) is 11.6. The molecule has 0 aliphatic carbocycles. The van der Waals surface area contributed by atoms with Gasteiger partial charge in [-0.05, 0) is 28.8 Å². The molecule has 0 aromatic heterocycles. The minimum absolute atomic E-state index is 0.264. The van der Waals surface area contributed by atoms with Gasteiger partial charge in [-0.1, -0.05) is 84.9 Å². The lowest BCUT2D eigenvalue weighted by Crippen LogP contribution is -2.12. The molecule has 0 aliphatic heterocycles. The molecule has 4 aromatic rings. The molecule has 0 saturated heterocycles. The third-order valence-corrected chi connectivity index (χ3v) is 5.49. The number of alkyl halides is 1. The SMILES string of the molecule is COC(F)c1ccc(-c2c(OCc3ccccc3)cc(C(N)=O)cc2OCc2ccccc2)cc1. The molecule has 178 valence electrons. The lowest BCUT2D eigenvalue weighted by Gasteiger charge is -2.19. The van der Waals surface area contributed by atoms with Crippen LogP contribution in [0.1, 0.15) is 33.4 Å². The summed E-state index contributed by atoms with van der Waals surface area (Å²) < 4.78 is 31.1. The number of primary amides is 1. The second kappa shape index (κ2) is 11.3. The Hall–Kier alpha value is -4.16. The fourth-order valence-electron chi connectivity index (χ4n) is 3.65. The first kappa shape index (κ1) is 24.0. The number of methoxy groups -OCH3 is 1. The van der Waals surface area contributed by atoms with Gasteiger partial charge in [-0.3, -0.25) is 4.79 Å². The van der Waals surface area contributed by atoms with Gasteiger partial charge in [0.05, 0.1) is 5.56 Å². The Morgan fingerprint density at radius 1 is 0.800 bits per heavy atom. The maximum atomic E-state index is 14.0. The van der Waals surface area contributed by atoms with Gasteiger partial charge in [0.15, 0.2) is 0 Å². The van der Waals surface area contributed by atoms with Crippen LogP contribution in [-0.2, 0) is 18.0 Å². The van der Waals surface area contributed by atoms with E-state index < -0.39 is 12.3 Å². The van der Waals surface area contributed by atoms with Gasteiger partial charge < -0.3 is 19.9 Å². The molecule has 0 fully saturated rings. The van der Waals surface area contributed by atoms with Crippen molar-refractivity contribution in [3.8, 4) is 22.6 Å². The van der Waals surface area contributed by atoms with E-state index in [-0.39, 0.29) is 18.8 Å². The standard InChI is InChI=1S/C29H26FNO4/c1-33-28(30)23-14-12-22(13-15-23)27-25(34-18-20-8-4-2-5-9-20)16-24(29(31)32)17-26(27)35-19-21-10-6-3-7-11-21/h2-17,28H,18-19H2,1H3,(H2,31,32). The number of carbonyl (C=O) groups is 1. The fraction of sp³-hybridized carbons (Fsp3) is 0.138. The molecule has 1 amide bonds. The second-order valence-electron chi connectivity index (χ2n) is 7.93. The Morgan fingerprint density at radius 2 is 1.29 bits per heavy atom. The van der Waals surface area contributed by atoms with Gasteiger partial charge >= 0.3 is 0 Å². The van der Waals surface area contributed by atoms with E-state index in [0.29, 0.717) is 22.6 Å². The highest BCUT2D eigenvalue weighted by Crippen LogP contribution is 2.41. The highest BCUT2D eigenvalue weighted by atomic mass is 19.1. The quantitative estimate of drug-likeness (QED) is 0.298. The molecule has 0 bridgehead atoms. The average molecular weight is 472 g/mol. The monoisotopic (exact) mass is 471 g/mol. The smallest absolute Gasteiger partial charge is 0.248 e. The Bertz CT molecular complexity index is 1200. The first-order chi connectivity index (χ1) is 17.0. The molecule has 6 heteroatoms. The number of ether oxygens (including phenoxy) is 3. The van der Waals surface area contributed by atoms with Gasteiger partial charge in [0, 0.05) is 18.2 Å². The lowest BCUT2D eigenvalue weighted by molar-refractivity contribution is -0.00660. The summed E-state index contributed by atoms with van der Waals surface area (Å²) in [6.07, 6.45) is -1.52. The zero-order chi connectivity index (χ0) is 24.6. The van der Waals surface area contributed by atoms with Crippen molar-refractivity contribution in [2.45, 2.75) is 19.6 Å². The van der Waals surface area contributed by atoms with Crippen LogP contribution in [0, 0.1) is 0 Å². The average Bonchev–Trinajstić information content (AvgIpc) is 2.91. The third-order valence-electron chi connectivity index (χ3n) is 5.49. The van der Waals surface area contributed by atoms with Gasteiger partial charge in [-0.25, -0.2) is 4.39 Å². The number of hydrogen-bond donors (Lipinski definition) is 1. The molecular formula is C29H26FNO4.